The van der Waals surface area contributed by atoms with Gasteiger partial charge in [-0.1, -0.05) is 6.07 Å². The lowest BCUT2D eigenvalue weighted by Gasteiger charge is -2.36. The Morgan fingerprint density at radius 3 is 2.88 bits per heavy atom. The summed E-state index contributed by atoms with van der Waals surface area (Å²) in [6.07, 6.45) is 0. The number of benzene rings is 1. The summed E-state index contributed by atoms with van der Waals surface area (Å²) >= 11 is 6.06. The molecule has 26 heavy (non-hydrogen) atoms. The Kier molecular flexibility index (Phi) is 5.53. The van der Waals surface area contributed by atoms with Gasteiger partial charge in [0.1, 0.15) is 11.1 Å². The summed E-state index contributed by atoms with van der Waals surface area (Å²) in [6, 6.07) is 7.56. The van der Waals surface area contributed by atoms with Crippen LogP contribution in [0.4, 0.5) is 0 Å². The number of hydrogen-bond acceptors (Lipinski definition) is 4. The number of aryl methyl sites for hydroxylation is 1. The van der Waals surface area contributed by atoms with E-state index < -0.39 is 5.38 Å². The predicted octanol–water partition coefficient (Wildman–Crippen LogP) is 3.02. The number of nitrogens with zero attached hydrogens (tertiary/aromatic N) is 3. The molecule has 1 amide bonds. The van der Waals surface area contributed by atoms with Crippen LogP contribution in [0.15, 0.2) is 24.3 Å². The third-order valence-corrected chi connectivity index (χ3v) is 4.92. The molecule has 1 saturated heterocycles. The van der Waals surface area contributed by atoms with Crippen molar-refractivity contribution in [1.82, 2.24) is 14.7 Å². The maximum Gasteiger partial charge on any atom is 0.241 e. The molecule has 3 rings (SSSR count). The molecule has 2 heterocycles. The van der Waals surface area contributed by atoms with E-state index in [-0.39, 0.29) is 11.9 Å². The first-order valence-corrected chi connectivity index (χ1v) is 9.10. The molecule has 7 heteroatoms. The quantitative estimate of drug-likeness (QED) is 0.768. The number of methoxy groups -OCH3 is 1. The van der Waals surface area contributed by atoms with E-state index in [0.29, 0.717) is 19.8 Å². The third kappa shape index (κ3) is 3.44. The van der Waals surface area contributed by atoms with Crippen molar-refractivity contribution in [2.24, 2.45) is 0 Å². The van der Waals surface area contributed by atoms with Gasteiger partial charge in [-0.15, -0.1) is 11.6 Å². The van der Waals surface area contributed by atoms with Gasteiger partial charge in [-0.05, 0) is 32.9 Å². The van der Waals surface area contributed by atoms with Crippen LogP contribution in [-0.4, -0.2) is 52.8 Å². The monoisotopic (exact) mass is 377 g/mol. The molecule has 1 aromatic carbocycles. The Morgan fingerprint density at radius 1 is 1.42 bits per heavy atom. The number of carbonyl (C=O) groups excluding carboxylic acids is 1. The minimum absolute atomic E-state index is 0.0760. The lowest BCUT2D eigenvalue weighted by atomic mass is 10.0. The molecular formula is C19H24ClN3O3. The maximum atomic E-state index is 12.6. The summed E-state index contributed by atoms with van der Waals surface area (Å²) in [5.74, 6) is 0.693. The van der Waals surface area contributed by atoms with Crippen LogP contribution in [0, 0.1) is 13.8 Å². The molecule has 2 aromatic rings. The van der Waals surface area contributed by atoms with Gasteiger partial charge in [0, 0.05) is 23.9 Å². The summed E-state index contributed by atoms with van der Waals surface area (Å²) in [7, 11) is 1.64. The van der Waals surface area contributed by atoms with Crippen LogP contribution >= 0.6 is 11.6 Å². The van der Waals surface area contributed by atoms with E-state index in [1.807, 2.05) is 47.7 Å². The lowest BCUT2D eigenvalue weighted by molar-refractivity contribution is -0.139. The minimum Gasteiger partial charge on any atom is -0.497 e. The largest absolute Gasteiger partial charge is 0.497 e. The van der Waals surface area contributed by atoms with Gasteiger partial charge in [-0.2, -0.15) is 5.10 Å². The average molecular weight is 378 g/mol. The van der Waals surface area contributed by atoms with Crippen molar-refractivity contribution in [1.29, 1.82) is 0 Å². The first-order chi connectivity index (χ1) is 12.4. The van der Waals surface area contributed by atoms with Crippen LogP contribution in [0.2, 0.25) is 0 Å². The highest BCUT2D eigenvalue weighted by Crippen LogP contribution is 2.32. The van der Waals surface area contributed by atoms with E-state index in [2.05, 4.69) is 0 Å². The van der Waals surface area contributed by atoms with E-state index in [0.717, 1.165) is 28.4 Å². The first-order valence-electron chi connectivity index (χ1n) is 8.67. The normalized spacial score (nSPS) is 18.7. The number of alkyl halides is 1. The highest BCUT2D eigenvalue weighted by atomic mass is 35.5. The van der Waals surface area contributed by atoms with Crippen molar-refractivity contribution < 1.29 is 14.3 Å². The van der Waals surface area contributed by atoms with Crippen LogP contribution in [0.1, 0.15) is 29.9 Å². The molecule has 1 aliphatic rings. The topological polar surface area (TPSA) is 56.6 Å². The summed E-state index contributed by atoms with van der Waals surface area (Å²) in [5.41, 5.74) is 3.78. The fraction of sp³-hybridized carbons (Fsp3) is 0.474. The summed E-state index contributed by atoms with van der Waals surface area (Å²) in [5, 5.41) is 4.14. The van der Waals surface area contributed by atoms with E-state index in [4.69, 9.17) is 26.2 Å². The second-order valence-corrected chi connectivity index (χ2v) is 7.09. The number of aromatic nitrogens is 2. The van der Waals surface area contributed by atoms with Gasteiger partial charge in [-0.25, -0.2) is 4.68 Å². The van der Waals surface area contributed by atoms with Crippen molar-refractivity contribution in [3.63, 3.8) is 0 Å². The fourth-order valence-electron chi connectivity index (χ4n) is 3.47. The molecule has 1 aromatic heterocycles. The molecule has 0 bridgehead atoms. The fourth-order valence-corrected chi connectivity index (χ4v) is 3.59. The van der Waals surface area contributed by atoms with Gasteiger partial charge in [0.2, 0.25) is 5.91 Å². The smallest absolute Gasteiger partial charge is 0.241 e. The molecule has 0 radical (unpaired) electrons. The number of ether oxygens (including phenoxy) is 2. The van der Waals surface area contributed by atoms with E-state index in [1.54, 1.807) is 14.0 Å². The van der Waals surface area contributed by atoms with Gasteiger partial charge >= 0.3 is 0 Å². The third-order valence-electron chi connectivity index (χ3n) is 4.73. The Hall–Kier alpha value is -2.05. The molecule has 0 N–H and O–H groups in total. The average Bonchev–Trinajstić information content (AvgIpc) is 2.95. The summed E-state index contributed by atoms with van der Waals surface area (Å²) < 4.78 is 12.9. The molecule has 2 unspecified atom stereocenters. The molecule has 2 atom stereocenters. The molecule has 0 spiro atoms. The van der Waals surface area contributed by atoms with Crippen LogP contribution in [0.25, 0.3) is 5.69 Å². The predicted molar refractivity (Wildman–Crippen MR) is 100 cm³/mol. The zero-order valence-corrected chi connectivity index (χ0v) is 16.3. The molecule has 1 aliphatic heterocycles. The number of carbonyl (C=O) groups is 1. The molecule has 140 valence electrons. The van der Waals surface area contributed by atoms with Gasteiger partial charge < -0.3 is 14.4 Å². The SMILES string of the molecule is COc1cccc(-n2nc(C)c(C3COCCN3C(=O)C(C)Cl)c2C)c1. The van der Waals surface area contributed by atoms with Crippen molar-refractivity contribution in [3.8, 4) is 11.4 Å². The van der Waals surface area contributed by atoms with E-state index in [9.17, 15) is 4.79 Å². The van der Waals surface area contributed by atoms with Crippen molar-refractivity contribution in [2.75, 3.05) is 26.9 Å². The van der Waals surface area contributed by atoms with Crippen LogP contribution < -0.4 is 4.74 Å². The maximum absolute atomic E-state index is 12.6. The van der Waals surface area contributed by atoms with Crippen molar-refractivity contribution in [2.45, 2.75) is 32.2 Å². The number of hydrogen-bond donors (Lipinski definition) is 0. The Morgan fingerprint density at radius 2 is 2.19 bits per heavy atom. The summed E-state index contributed by atoms with van der Waals surface area (Å²) in [4.78, 5) is 14.4. The van der Waals surface area contributed by atoms with Crippen LogP contribution in [0.5, 0.6) is 5.75 Å². The standard InChI is InChI=1S/C19H24ClN3O3/c1-12(20)19(24)22-8-9-26-11-17(22)18-13(2)21-23(14(18)3)15-6-5-7-16(10-15)25-4/h5-7,10,12,17H,8-9,11H2,1-4H3. The number of rotatable bonds is 4. The van der Waals surface area contributed by atoms with Crippen LogP contribution in [-0.2, 0) is 9.53 Å². The number of halogens is 1. The highest BCUT2D eigenvalue weighted by molar-refractivity contribution is 6.30. The van der Waals surface area contributed by atoms with Gasteiger partial charge in [0.15, 0.2) is 0 Å². The minimum atomic E-state index is -0.565. The molecule has 6 nitrogen and oxygen atoms in total. The highest BCUT2D eigenvalue weighted by Gasteiger charge is 2.34. The zero-order valence-electron chi connectivity index (χ0n) is 15.5. The first kappa shape index (κ1) is 18.7. The summed E-state index contributed by atoms with van der Waals surface area (Å²) in [6.45, 7) is 7.17. The molecule has 0 saturated carbocycles. The molecule has 1 fully saturated rings. The van der Waals surface area contributed by atoms with E-state index >= 15 is 0 Å². The lowest BCUT2D eigenvalue weighted by Crippen LogP contribution is -2.46. The zero-order chi connectivity index (χ0) is 18.8. The van der Waals surface area contributed by atoms with Gasteiger partial charge in [-0.3, -0.25) is 4.79 Å². The second-order valence-electron chi connectivity index (χ2n) is 6.44. The van der Waals surface area contributed by atoms with Crippen LogP contribution in [0.3, 0.4) is 0 Å². The molecule has 0 aliphatic carbocycles. The van der Waals surface area contributed by atoms with Crippen molar-refractivity contribution in [3.05, 3.63) is 41.2 Å². The van der Waals surface area contributed by atoms with Gasteiger partial charge in [0.25, 0.3) is 0 Å². The van der Waals surface area contributed by atoms with Crippen molar-refractivity contribution >= 4 is 17.5 Å². The Balaban J connectivity index is 2.02. The number of amides is 1. The van der Waals surface area contributed by atoms with Gasteiger partial charge in [0.05, 0.1) is 37.7 Å². The second kappa shape index (κ2) is 7.68. The molecular weight excluding hydrogens is 354 g/mol. The van der Waals surface area contributed by atoms with E-state index in [1.165, 1.54) is 0 Å². The number of morpholine rings is 1. The Bertz CT molecular complexity index is 803. The Labute approximate surface area is 158 Å².